The fourth-order valence-electron chi connectivity index (χ4n) is 0. The van der Waals surface area contributed by atoms with E-state index in [-0.39, 0.29) is 52.4 Å². The van der Waals surface area contributed by atoms with Crippen LogP contribution in [0.1, 0.15) is 0 Å². The van der Waals surface area contributed by atoms with Gasteiger partial charge in [0.2, 0.25) is 0 Å². The second-order valence-corrected chi connectivity index (χ2v) is 1.34. The fourth-order valence-corrected chi connectivity index (χ4v) is 0. The molecule has 0 saturated carbocycles. The van der Waals surface area contributed by atoms with E-state index in [2.05, 4.69) is 0 Å². The predicted molar refractivity (Wildman–Crippen MR) is 7.61 cm³/mol. The van der Waals surface area contributed by atoms with Crippen molar-refractivity contribution in [3.63, 3.8) is 0 Å². The minimum Gasteiger partial charge on any atom is -0.822 e. The van der Waals surface area contributed by atoms with Crippen molar-refractivity contribution >= 4 is 7.82 Å². The summed E-state index contributed by atoms with van der Waals surface area (Å²) in [5, 5.41) is 0. The van der Waals surface area contributed by atoms with Crippen molar-refractivity contribution in [2.45, 2.75) is 0 Å². The summed E-state index contributed by atoms with van der Waals surface area (Å²) >= 11 is 0. The first-order valence-electron chi connectivity index (χ1n) is 0.730. The average molecular weight is 216 g/mol. The average Bonchev–Trinajstić information content (AvgIpc) is 0.722. The molecule has 0 aliphatic carbocycles. The quantitative estimate of drug-likeness (QED) is 0.298. The maximum absolute atomic E-state index is 8.55. The molecular formula is FeLiNiO4P. The summed E-state index contributed by atoms with van der Waals surface area (Å²) in [7, 11) is -5.39. The molecule has 0 amide bonds. The van der Waals surface area contributed by atoms with Crippen molar-refractivity contribution in [2.75, 3.05) is 0 Å². The Morgan fingerprint density at radius 1 is 1.12 bits per heavy atom. The normalized spacial score (nSPS) is 7.38. The van der Waals surface area contributed by atoms with Crippen LogP contribution >= 0.6 is 7.82 Å². The zero-order valence-corrected chi connectivity index (χ0v) is 6.74. The fraction of sp³-hybridized carbons (Fsp3) is 0. The first-order valence-corrected chi connectivity index (χ1v) is 2.19. The molecule has 0 heterocycles. The minimum absolute atomic E-state index is 0. The molecule has 0 rings (SSSR count). The van der Waals surface area contributed by atoms with Gasteiger partial charge in [0, 0.05) is 17.1 Å². The molecule has 8 heteroatoms. The summed E-state index contributed by atoms with van der Waals surface area (Å²) in [5.41, 5.74) is 0. The van der Waals surface area contributed by atoms with E-state index in [1.54, 1.807) is 0 Å². The van der Waals surface area contributed by atoms with Crippen LogP contribution in [-0.4, -0.2) is 0 Å². The first-order chi connectivity index (χ1) is 2.00. The molecular weight excluding hydrogens is 216 g/mol. The summed E-state index contributed by atoms with van der Waals surface area (Å²) in [6, 6.07) is 0. The van der Waals surface area contributed by atoms with Gasteiger partial charge in [0.15, 0.2) is 0 Å². The van der Waals surface area contributed by atoms with Gasteiger partial charge in [-0.2, -0.15) is 7.82 Å². The van der Waals surface area contributed by atoms with E-state index in [0.29, 0.717) is 0 Å². The molecule has 0 aliphatic rings. The molecule has 4 nitrogen and oxygen atoms in total. The summed E-state index contributed by atoms with van der Waals surface area (Å²) in [6.45, 7) is 0. The number of hydrogen-bond acceptors (Lipinski definition) is 4. The third-order valence-electron chi connectivity index (χ3n) is 0. The van der Waals surface area contributed by atoms with E-state index in [1.807, 2.05) is 0 Å². The molecule has 48 valence electrons. The molecule has 0 aliphatic heterocycles. The summed E-state index contributed by atoms with van der Waals surface area (Å²) in [4.78, 5) is 25.6. The molecule has 0 aromatic rings. The molecule has 0 aromatic carbocycles. The monoisotopic (exact) mass is 216 g/mol. The Kier molecular flexibility index (Phi) is 24.6. The number of rotatable bonds is 0. The van der Waals surface area contributed by atoms with Crippen LogP contribution in [0.5, 0.6) is 0 Å². The minimum atomic E-state index is -5.39. The van der Waals surface area contributed by atoms with Crippen LogP contribution in [0.4, 0.5) is 0 Å². The van der Waals surface area contributed by atoms with Crippen LogP contribution in [0.3, 0.4) is 0 Å². The summed E-state index contributed by atoms with van der Waals surface area (Å²) < 4.78 is 8.55. The van der Waals surface area contributed by atoms with Gasteiger partial charge in [0.1, 0.15) is 0 Å². The Morgan fingerprint density at radius 3 is 1.12 bits per heavy atom. The first kappa shape index (κ1) is 22.6. The van der Waals surface area contributed by atoms with Crippen molar-refractivity contribution in [3.8, 4) is 0 Å². The Balaban J connectivity index is -0.0000000267. The zero-order valence-electron chi connectivity index (χ0n) is 3.75. The molecule has 0 saturated heterocycles. The van der Waals surface area contributed by atoms with E-state index in [4.69, 9.17) is 19.2 Å². The van der Waals surface area contributed by atoms with Crippen LogP contribution < -0.4 is 33.5 Å². The molecule has 0 fully saturated rings. The summed E-state index contributed by atoms with van der Waals surface area (Å²) in [6.07, 6.45) is 0. The van der Waals surface area contributed by atoms with Gasteiger partial charge in [-0.3, -0.25) is 0 Å². The molecule has 0 radical (unpaired) electrons. The van der Waals surface area contributed by atoms with Crippen LogP contribution in [0, 0.1) is 0 Å². The Bertz CT molecular complexity index is 62.2. The Morgan fingerprint density at radius 2 is 1.12 bits per heavy atom. The van der Waals surface area contributed by atoms with E-state index < -0.39 is 7.82 Å². The topological polar surface area (TPSA) is 86.2 Å². The molecule has 0 atom stereocenters. The predicted octanol–water partition coefficient (Wildman–Crippen LogP) is -5.83. The van der Waals surface area contributed by atoms with Crippen molar-refractivity contribution < 1.29 is 71.7 Å². The van der Waals surface area contributed by atoms with E-state index in [1.165, 1.54) is 0 Å². The van der Waals surface area contributed by atoms with Crippen molar-refractivity contribution in [2.24, 2.45) is 0 Å². The molecule has 0 N–H and O–H groups in total. The number of phosphoric acid groups is 1. The zero-order chi connectivity index (χ0) is 4.50. The summed E-state index contributed by atoms with van der Waals surface area (Å²) in [5.74, 6) is 0. The maximum Gasteiger partial charge on any atom is 2.00 e. The maximum atomic E-state index is 8.55. The SMILES string of the molecule is O=P([O-])([O-])[O-].[Fe].[Li+].[Ni+2]. The second-order valence-electron chi connectivity index (χ2n) is 0.447. The van der Waals surface area contributed by atoms with Crippen LogP contribution in [0.15, 0.2) is 0 Å². The van der Waals surface area contributed by atoms with Gasteiger partial charge in [-0.15, -0.1) is 0 Å². The van der Waals surface area contributed by atoms with Gasteiger partial charge >= 0.3 is 35.4 Å². The van der Waals surface area contributed by atoms with Crippen LogP contribution in [-0.2, 0) is 38.1 Å². The van der Waals surface area contributed by atoms with Crippen molar-refractivity contribution in [3.05, 3.63) is 0 Å². The van der Waals surface area contributed by atoms with Crippen molar-refractivity contribution in [1.29, 1.82) is 0 Å². The number of hydrogen-bond donors (Lipinski definition) is 0. The van der Waals surface area contributed by atoms with Gasteiger partial charge in [0.25, 0.3) is 0 Å². The van der Waals surface area contributed by atoms with Gasteiger partial charge < -0.3 is 19.2 Å². The second kappa shape index (κ2) is 8.72. The Labute approximate surface area is 79.2 Å². The molecule has 0 bridgehead atoms. The molecule has 0 unspecified atom stereocenters. The largest absolute Gasteiger partial charge is 2.00 e. The van der Waals surface area contributed by atoms with E-state index in [0.717, 1.165) is 0 Å². The van der Waals surface area contributed by atoms with Gasteiger partial charge in [-0.1, -0.05) is 0 Å². The van der Waals surface area contributed by atoms with Gasteiger partial charge in [-0.05, 0) is 0 Å². The Hall–Kier alpha value is 1.72. The third-order valence-corrected chi connectivity index (χ3v) is 0. The van der Waals surface area contributed by atoms with Gasteiger partial charge in [-0.25, -0.2) is 0 Å². The van der Waals surface area contributed by atoms with E-state index >= 15 is 0 Å². The van der Waals surface area contributed by atoms with Crippen molar-refractivity contribution in [1.82, 2.24) is 0 Å². The standard InChI is InChI=1S/Fe.Li.Ni.H3O4P/c;;;1-5(2,3)4/h;;;(H3,1,2,3,4)/q;+1;+2;/p-3. The van der Waals surface area contributed by atoms with E-state index in [9.17, 15) is 0 Å². The van der Waals surface area contributed by atoms with Gasteiger partial charge in [0.05, 0.1) is 0 Å². The molecule has 8 heavy (non-hydrogen) atoms. The van der Waals surface area contributed by atoms with Crippen LogP contribution in [0.2, 0.25) is 0 Å². The molecule has 0 aromatic heterocycles. The third kappa shape index (κ3) is 118. The molecule has 0 spiro atoms. The van der Waals surface area contributed by atoms with Crippen LogP contribution in [0.25, 0.3) is 0 Å². The smallest absolute Gasteiger partial charge is 0.822 e.